The van der Waals surface area contributed by atoms with E-state index in [1.54, 1.807) is 14.2 Å². The fraction of sp³-hybridized carbons (Fsp3) is 0.333. The fourth-order valence-electron chi connectivity index (χ4n) is 2.34. The van der Waals surface area contributed by atoms with Crippen molar-refractivity contribution in [3.8, 4) is 11.5 Å². The van der Waals surface area contributed by atoms with Crippen LogP contribution in [-0.2, 0) is 6.54 Å². The zero-order chi connectivity index (χ0) is 15.9. The number of para-hydroxylation sites is 1. The number of rotatable bonds is 7. The molecule has 2 aromatic rings. The quantitative estimate of drug-likeness (QED) is 0.825. The molecule has 0 fully saturated rings. The number of aliphatic hydroxyl groups excluding tert-OH is 1. The molecule has 0 aliphatic heterocycles. The van der Waals surface area contributed by atoms with Gasteiger partial charge in [-0.15, -0.1) is 0 Å². The van der Waals surface area contributed by atoms with E-state index in [0.717, 1.165) is 16.9 Å². The molecule has 0 aliphatic carbocycles. The summed E-state index contributed by atoms with van der Waals surface area (Å²) in [5.41, 5.74) is 3.10. The van der Waals surface area contributed by atoms with Crippen molar-refractivity contribution in [2.45, 2.75) is 19.6 Å². The molecule has 22 heavy (non-hydrogen) atoms. The lowest BCUT2D eigenvalue weighted by Crippen LogP contribution is -2.21. The minimum atomic E-state index is -0.530. The second-order valence-corrected chi connectivity index (χ2v) is 5.21. The third-order valence-electron chi connectivity index (χ3n) is 3.60. The molecule has 0 saturated heterocycles. The number of ether oxygens (including phenoxy) is 2. The number of methoxy groups -OCH3 is 2. The number of benzene rings is 2. The highest BCUT2D eigenvalue weighted by molar-refractivity contribution is 5.46. The Hall–Kier alpha value is -2.04. The summed E-state index contributed by atoms with van der Waals surface area (Å²) in [7, 11) is 3.25. The van der Waals surface area contributed by atoms with Crippen LogP contribution in [0.25, 0.3) is 0 Å². The first-order valence-electron chi connectivity index (χ1n) is 7.31. The van der Waals surface area contributed by atoms with E-state index in [-0.39, 0.29) is 0 Å². The van der Waals surface area contributed by atoms with E-state index in [4.69, 9.17) is 9.47 Å². The molecule has 4 nitrogen and oxygen atoms in total. The van der Waals surface area contributed by atoms with Crippen LogP contribution in [0.1, 0.15) is 22.8 Å². The van der Waals surface area contributed by atoms with Crippen molar-refractivity contribution in [3.05, 3.63) is 59.2 Å². The molecule has 2 N–H and O–H groups in total. The van der Waals surface area contributed by atoms with Crippen molar-refractivity contribution in [3.63, 3.8) is 0 Å². The lowest BCUT2D eigenvalue weighted by molar-refractivity contribution is 0.174. The van der Waals surface area contributed by atoms with Gasteiger partial charge in [-0.25, -0.2) is 0 Å². The van der Waals surface area contributed by atoms with Gasteiger partial charge in [-0.05, 0) is 18.6 Å². The van der Waals surface area contributed by atoms with Gasteiger partial charge in [0.25, 0.3) is 0 Å². The highest BCUT2D eigenvalue weighted by Crippen LogP contribution is 2.30. The Kier molecular flexibility index (Phi) is 5.81. The first kappa shape index (κ1) is 16.3. The Labute approximate surface area is 131 Å². The summed E-state index contributed by atoms with van der Waals surface area (Å²) in [6.07, 6.45) is -0.530. The molecule has 0 saturated carbocycles. The summed E-state index contributed by atoms with van der Waals surface area (Å²) in [4.78, 5) is 0. The summed E-state index contributed by atoms with van der Waals surface area (Å²) in [5, 5.41) is 13.5. The van der Waals surface area contributed by atoms with Crippen molar-refractivity contribution >= 4 is 0 Å². The van der Waals surface area contributed by atoms with Gasteiger partial charge in [0.05, 0.1) is 20.3 Å². The topological polar surface area (TPSA) is 50.7 Å². The molecule has 1 unspecified atom stereocenters. The van der Waals surface area contributed by atoms with Crippen LogP contribution in [0, 0.1) is 6.92 Å². The maximum Gasteiger partial charge on any atom is 0.165 e. The largest absolute Gasteiger partial charge is 0.493 e. The zero-order valence-electron chi connectivity index (χ0n) is 13.3. The Morgan fingerprint density at radius 1 is 1.05 bits per heavy atom. The van der Waals surface area contributed by atoms with Gasteiger partial charge >= 0.3 is 0 Å². The van der Waals surface area contributed by atoms with Crippen LogP contribution in [-0.4, -0.2) is 25.9 Å². The third kappa shape index (κ3) is 4.00. The summed E-state index contributed by atoms with van der Waals surface area (Å²) >= 11 is 0. The maximum absolute atomic E-state index is 10.2. The monoisotopic (exact) mass is 301 g/mol. The van der Waals surface area contributed by atoms with E-state index in [2.05, 4.69) is 5.32 Å². The average molecular weight is 301 g/mol. The van der Waals surface area contributed by atoms with Crippen molar-refractivity contribution in [1.29, 1.82) is 0 Å². The van der Waals surface area contributed by atoms with Crippen molar-refractivity contribution in [2.75, 3.05) is 20.8 Å². The van der Waals surface area contributed by atoms with Crippen LogP contribution in [0.2, 0.25) is 0 Å². The molecule has 0 heterocycles. The molecule has 0 bridgehead atoms. The van der Waals surface area contributed by atoms with Gasteiger partial charge in [-0.3, -0.25) is 0 Å². The molecule has 0 radical (unpaired) electrons. The average Bonchev–Trinajstić information content (AvgIpc) is 2.55. The first-order valence-corrected chi connectivity index (χ1v) is 7.31. The highest BCUT2D eigenvalue weighted by atomic mass is 16.5. The SMILES string of the molecule is COc1cccc(CNCC(O)c2ccc(C)cc2)c1OC. The smallest absolute Gasteiger partial charge is 0.165 e. The fourth-order valence-corrected chi connectivity index (χ4v) is 2.34. The van der Waals surface area contributed by atoms with Gasteiger partial charge in [-0.2, -0.15) is 0 Å². The number of hydrogen-bond acceptors (Lipinski definition) is 4. The molecule has 0 aromatic heterocycles. The Morgan fingerprint density at radius 2 is 1.77 bits per heavy atom. The molecule has 0 spiro atoms. The van der Waals surface area contributed by atoms with Gasteiger partial charge in [-0.1, -0.05) is 42.0 Å². The molecular formula is C18H23NO3. The van der Waals surface area contributed by atoms with Crippen molar-refractivity contribution < 1.29 is 14.6 Å². The molecule has 0 amide bonds. The number of hydrogen-bond donors (Lipinski definition) is 2. The van der Waals surface area contributed by atoms with Crippen LogP contribution in [0.3, 0.4) is 0 Å². The lowest BCUT2D eigenvalue weighted by Gasteiger charge is -2.15. The lowest BCUT2D eigenvalue weighted by atomic mass is 10.1. The molecule has 118 valence electrons. The van der Waals surface area contributed by atoms with Crippen LogP contribution < -0.4 is 14.8 Å². The minimum Gasteiger partial charge on any atom is -0.493 e. The predicted octanol–water partition coefficient (Wildman–Crippen LogP) is 2.84. The number of aryl methyl sites for hydroxylation is 1. The van der Waals surface area contributed by atoms with Gasteiger partial charge in [0.2, 0.25) is 0 Å². The molecule has 2 aromatic carbocycles. The van der Waals surface area contributed by atoms with E-state index in [0.29, 0.717) is 18.8 Å². The second kappa shape index (κ2) is 7.82. The van der Waals surface area contributed by atoms with E-state index in [9.17, 15) is 5.11 Å². The van der Waals surface area contributed by atoms with E-state index < -0.39 is 6.10 Å². The second-order valence-electron chi connectivity index (χ2n) is 5.21. The molecule has 0 aliphatic rings. The van der Waals surface area contributed by atoms with E-state index in [1.165, 1.54) is 5.56 Å². The van der Waals surface area contributed by atoms with Crippen LogP contribution in [0.5, 0.6) is 11.5 Å². The Balaban J connectivity index is 1.95. The minimum absolute atomic E-state index is 0.476. The van der Waals surface area contributed by atoms with Gasteiger partial charge in [0.15, 0.2) is 11.5 Å². The van der Waals surface area contributed by atoms with Crippen LogP contribution in [0.4, 0.5) is 0 Å². The third-order valence-corrected chi connectivity index (χ3v) is 3.60. The van der Waals surface area contributed by atoms with Gasteiger partial charge < -0.3 is 19.9 Å². The molecular weight excluding hydrogens is 278 g/mol. The summed E-state index contributed by atoms with van der Waals surface area (Å²) in [5.74, 6) is 1.43. The van der Waals surface area contributed by atoms with Crippen molar-refractivity contribution in [1.82, 2.24) is 5.32 Å². The zero-order valence-corrected chi connectivity index (χ0v) is 13.3. The Morgan fingerprint density at radius 3 is 2.41 bits per heavy atom. The maximum atomic E-state index is 10.2. The number of nitrogens with one attached hydrogen (secondary N) is 1. The summed E-state index contributed by atoms with van der Waals surface area (Å²) in [6.45, 7) is 3.11. The standard InChI is InChI=1S/C18H23NO3/c1-13-7-9-14(10-8-13)16(20)12-19-11-15-5-4-6-17(21-2)18(15)22-3/h4-10,16,19-20H,11-12H2,1-3H3. The molecule has 1 atom stereocenters. The summed E-state index contributed by atoms with van der Waals surface area (Å²) in [6, 6.07) is 13.7. The van der Waals surface area contributed by atoms with Crippen molar-refractivity contribution in [2.24, 2.45) is 0 Å². The van der Waals surface area contributed by atoms with E-state index in [1.807, 2.05) is 49.4 Å². The van der Waals surface area contributed by atoms with Gasteiger partial charge in [0.1, 0.15) is 0 Å². The van der Waals surface area contributed by atoms with Gasteiger partial charge in [0, 0.05) is 18.7 Å². The predicted molar refractivity (Wildman–Crippen MR) is 87.4 cm³/mol. The molecule has 4 heteroatoms. The highest BCUT2D eigenvalue weighted by Gasteiger charge is 2.11. The van der Waals surface area contributed by atoms with Crippen LogP contribution >= 0.6 is 0 Å². The normalized spacial score (nSPS) is 12.0. The number of aliphatic hydroxyl groups is 1. The summed E-state index contributed by atoms with van der Waals surface area (Å²) < 4.78 is 10.7. The van der Waals surface area contributed by atoms with Crippen LogP contribution in [0.15, 0.2) is 42.5 Å². The first-order chi connectivity index (χ1) is 10.7. The van der Waals surface area contributed by atoms with E-state index >= 15 is 0 Å². The molecule has 2 rings (SSSR count). The Bertz CT molecular complexity index is 596.